The predicted molar refractivity (Wildman–Crippen MR) is 86.5 cm³/mol. The number of amides is 3. The van der Waals surface area contributed by atoms with Crippen LogP contribution < -0.4 is 10.6 Å². The monoisotopic (exact) mass is 334 g/mol. The van der Waals surface area contributed by atoms with Gasteiger partial charge in [-0.15, -0.1) is 11.3 Å². The Kier molecular flexibility index (Phi) is 4.56. The number of H-pyrrole nitrogens is 1. The third-order valence-electron chi connectivity index (χ3n) is 3.82. The molecule has 3 N–H and O–H groups in total. The molecule has 0 spiro atoms. The van der Waals surface area contributed by atoms with Gasteiger partial charge in [-0.05, 0) is 19.8 Å². The Morgan fingerprint density at radius 3 is 2.78 bits per heavy atom. The molecule has 0 aromatic carbocycles. The lowest BCUT2D eigenvalue weighted by Gasteiger charge is -2.32. The van der Waals surface area contributed by atoms with E-state index in [0.29, 0.717) is 23.7 Å². The van der Waals surface area contributed by atoms with E-state index in [4.69, 9.17) is 0 Å². The van der Waals surface area contributed by atoms with Gasteiger partial charge in [0.2, 0.25) is 0 Å². The number of hydrogen-bond acceptors (Lipinski definition) is 5. The van der Waals surface area contributed by atoms with E-state index in [-0.39, 0.29) is 18.0 Å². The van der Waals surface area contributed by atoms with E-state index in [9.17, 15) is 9.59 Å². The van der Waals surface area contributed by atoms with Crippen molar-refractivity contribution in [1.82, 2.24) is 25.4 Å². The fraction of sp³-hybridized carbons (Fsp3) is 0.429. The first-order chi connectivity index (χ1) is 11.1. The van der Waals surface area contributed by atoms with Crippen LogP contribution in [0.5, 0.6) is 0 Å². The number of nitrogens with zero attached hydrogens (tertiary/aromatic N) is 3. The third-order valence-corrected chi connectivity index (χ3v) is 4.75. The van der Waals surface area contributed by atoms with Crippen LogP contribution in [-0.4, -0.2) is 51.2 Å². The highest BCUT2D eigenvalue weighted by molar-refractivity contribution is 7.11. The van der Waals surface area contributed by atoms with Crippen molar-refractivity contribution < 1.29 is 9.59 Å². The summed E-state index contributed by atoms with van der Waals surface area (Å²) in [4.78, 5) is 30.8. The topological polar surface area (TPSA) is 103 Å². The first-order valence-electron chi connectivity index (χ1n) is 7.39. The molecule has 0 saturated carbocycles. The highest BCUT2D eigenvalue weighted by atomic mass is 32.1. The van der Waals surface area contributed by atoms with Crippen LogP contribution in [0.1, 0.15) is 28.2 Å². The summed E-state index contributed by atoms with van der Waals surface area (Å²) in [6.07, 6.45) is 4.66. The molecular formula is C14H18N6O2S. The first kappa shape index (κ1) is 15.5. The zero-order valence-corrected chi connectivity index (χ0v) is 13.5. The summed E-state index contributed by atoms with van der Waals surface area (Å²) in [5, 5.41) is 12.2. The van der Waals surface area contributed by atoms with Gasteiger partial charge in [-0.2, -0.15) is 5.10 Å². The molecule has 0 radical (unpaired) electrons. The standard InChI is InChI=1S/C14H18N6O2S/c1-9-12(23-8-15-9)13(21)18-10-2-4-20(5-3-10)14(22)19-11-6-16-17-7-11/h6-8,10H,2-5H2,1H3,(H,16,17)(H,18,21)(H,19,22). The van der Waals surface area contributed by atoms with Gasteiger partial charge in [0.1, 0.15) is 4.88 Å². The van der Waals surface area contributed by atoms with E-state index in [1.54, 1.807) is 22.8 Å². The van der Waals surface area contributed by atoms with E-state index in [1.165, 1.54) is 11.3 Å². The van der Waals surface area contributed by atoms with Gasteiger partial charge in [0.15, 0.2) is 0 Å². The molecule has 1 aliphatic heterocycles. The molecule has 8 nitrogen and oxygen atoms in total. The van der Waals surface area contributed by atoms with Gasteiger partial charge in [0.25, 0.3) is 5.91 Å². The molecule has 1 aliphatic rings. The Hall–Kier alpha value is -2.42. The van der Waals surface area contributed by atoms with Crippen LogP contribution in [0.15, 0.2) is 17.9 Å². The largest absolute Gasteiger partial charge is 0.348 e. The summed E-state index contributed by atoms with van der Waals surface area (Å²) < 4.78 is 0. The number of nitrogens with one attached hydrogen (secondary N) is 3. The number of anilines is 1. The van der Waals surface area contributed by atoms with Crippen LogP contribution in [0.25, 0.3) is 0 Å². The van der Waals surface area contributed by atoms with Crippen molar-refractivity contribution in [1.29, 1.82) is 0 Å². The SMILES string of the molecule is Cc1ncsc1C(=O)NC1CCN(C(=O)Nc2cn[nH]c2)CC1. The molecule has 0 unspecified atom stereocenters. The molecular weight excluding hydrogens is 316 g/mol. The van der Waals surface area contributed by atoms with Gasteiger partial charge in [-0.3, -0.25) is 9.89 Å². The number of urea groups is 1. The number of rotatable bonds is 3. The molecule has 2 aromatic rings. The Morgan fingerprint density at radius 1 is 1.39 bits per heavy atom. The molecule has 3 heterocycles. The van der Waals surface area contributed by atoms with Gasteiger partial charge < -0.3 is 15.5 Å². The number of aryl methyl sites for hydroxylation is 1. The number of aromatic nitrogens is 3. The molecule has 3 amide bonds. The van der Waals surface area contributed by atoms with Gasteiger partial charge in [0, 0.05) is 25.3 Å². The Balaban J connectivity index is 1.47. The van der Waals surface area contributed by atoms with E-state index in [0.717, 1.165) is 18.5 Å². The van der Waals surface area contributed by atoms with Crippen molar-refractivity contribution in [3.8, 4) is 0 Å². The van der Waals surface area contributed by atoms with Crippen molar-refractivity contribution in [3.05, 3.63) is 28.5 Å². The summed E-state index contributed by atoms with van der Waals surface area (Å²) in [5.74, 6) is -0.0775. The van der Waals surface area contributed by atoms with Crippen LogP contribution in [0.4, 0.5) is 10.5 Å². The van der Waals surface area contributed by atoms with Crippen LogP contribution in [0.2, 0.25) is 0 Å². The molecule has 0 aliphatic carbocycles. The minimum absolute atomic E-state index is 0.0775. The second-order valence-electron chi connectivity index (χ2n) is 5.42. The van der Waals surface area contributed by atoms with E-state index in [2.05, 4.69) is 25.8 Å². The first-order valence-corrected chi connectivity index (χ1v) is 8.27. The van der Waals surface area contributed by atoms with Crippen molar-refractivity contribution in [2.45, 2.75) is 25.8 Å². The fourth-order valence-electron chi connectivity index (χ4n) is 2.52. The zero-order chi connectivity index (χ0) is 16.2. The summed E-state index contributed by atoms with van der Waals surface area (Å²) in [5.41, 5.74) is 3.07. The maximum Gasteiger partial charge on any atom is 0.321 e. The second-order valence-corrected chi connectivity index (χ2v) is 6.27. The lowest BCUT2D eigenvalue weighted by molar-refractivity contribution is 0.0922. The minimum Gasteiger partial charge on any atom is -0.348 e. The van der Waals surface area contributed by atoms with Crippen LogP contribution in [0.3, 0.4) is 0 Å². The van der Waals surface area contributed by atoms with Gasteiger partial charge in [0.05, 0.1) is 23.1 Å². The number of hydrogen-bond donors (Lipinski definition) is 3. The predicted octanol–water partition coefficient (Wildman–Crippen LogP) is 1.60. The Labute approximate surface area is 137 Å². The number of piperidine rings is 1. The van der Waals surface area contributed by atoms with Crippen LogP contribution in [-0.2, 0) is 0 Å². The van der Waals surface area contributed by atoms with Gasteiger partial charge >= 0.3 is 6.03 Å². The van der Waals surface area contributed by atoms with E-state index < -0.39 is 0 Å². The Bertz CT molecular complexity index is 675. The number of aromatic amines is 1. The van der Waals surface area contributed by atoms with Crippen molar-refractivity contribution in [2.24, 2.45) is 0 Å². The lowest BCUT2D eigenvalue weighted by Crippen LogP contribution is -2.47. The molecule has 0 bridgehead atoms. The lowest BCUT2D eigenvalue weighted by atomic mass is 10.1. The summed E-state index contributed by atoms with van der Waals surface area (Å²) in [6, 6.07) is -0.0588. The normalized spacial score (nSPS) is 15.4. The smallest absolute Gasteiger partial charge is 0.321 e. The van der Waals surface area contributed by atoms with E-state index in [1.807, 2.05) is 6.92 Å². The molecule has 0 atom stereocenters. The highest BCUT2D eigenvalue weighted by Crippen LogP contribution is 2.16. The van der Waals surface area contributed by atoms with E-state index >= 15 is 0 Å². The molecule has 1 saturated heterocycles. The number of carbonyl (C=O) groups is 2. The number of thiazole rings is 1. The molecule has 23 heavy (non-hydrogen) atoms. The second kappa shape index (κ2) is 6.78. The average molecular weight is 334 g/mol. The van der Waals surface area contributed by atoms with Crippen molar-refractivity contribution >= 4 is 29.0 Å². The highest BCUT2D eigenvalue weighted by Gasteiger charge is 2.25. The third kappa shape index (κ3) is 3.67. The van der Waals surface area contributed by atoms with Crippen LogP contribution >= 0.6 is 11.3 Å². The molecule has 3 rings (SSSR count). The van der Waals surface area contributed by atoms with Gasteiger partial charge in [-0.1, -0.05) is 0 Å². The maximum atomic E-state index is 12.2. The molecule has 2 aromatic heterocycles. The van der Waals surface area contributed by atoms with Gasteiger partial charge in [-0.25, -0.2) is 9.78 Å². The summed E-state index contributed by atoms with van der Waals surface area (Å²) >= 11 is 1.35. The quantitative estimate of drug-likeness (QED) is 0.793. The molecule has 1 fully saturated rings. The van der Waals surface area contributed by atoms with Crippen molar-refractivity contribution in [2.75, 3.05) is 18.4 Å². The average Bonchev–Trinajstić information content (AvgIpc) is 3.19. The zero-order valence-electron chi connectivity index (χ0n) is 12.7. The Morgan fingerprint density at radius 2 is 2.17 bits per heavy atom. The fourth-order valence-corrected chi connectivity index (χ4v) is 3.22. The van der Waals surface area contributed by atoms with Crippen LogP contribution in [0, 0.1) is 6.92 Å². The van der Waals surface area contributed by atoms with Crippen molar-refractivity contribution in [3.63, 3.8) is 0 Å². The summed E-state index contributed by atoms with van der Waals surface area (Å²) in [6.45, 7) is 3.04. The number of likely N-dealkylation sites (tertiary alicyclic amines) is 1. The number of carbonyl (C=O) groups excluding carboxylic acids is 2. The minimum atomic E-state index is -0.144. The maximum absolute atomic E-state index is 12.2. The summed E-state index contributed by atoms with van der Waals surface area (Å²) in [7, 11) is 0. The molecule has 9 heteroatoms. The molecule has 122 valence electrons.